The molecule has 0 saturated heterocycles. The molecule has 0 aromatic carbocycles. The standard InChI is InChI=1S/C9H21NS/c1-11(2,3)10-9-7-5-4-6-8-9/h9-10H,4-8H2,1-3H3. The molecule has 1 aliphatic carbocycles. The molecule has 0 heterocycles. The summed E-state index contributed by atoms with van der Waals surface area (Å²) in [6, 6.07) is 0.832. The first-order chi connectivity index (χ1) is 5.08. The minimum absolute atomic E-state index is 0.474. The van der Waals surface area contributed by atoms with E-state index in [1.165, 1.54) is 32.1 Å². The minimum atomic E-state index is -0.474. The van der Waals surface area contributed by atoms with Crippen molar-refractivity contribution in [1.82, 2.24) is 4.72 Å². The Morgan fingerprint density at radius 3 is 2.00 bits per heavy atom. The topological polar surface area (TPSA) is 12.0 Å². The lowest BCUT2D eigenvalue weighted by molar-refractivity contribution is 0.422. The highest BCUT2D eigenvalue weighted by Gasteiger charge is 2.16. The quantitative estimate of drug-likeness (QED) is 0.680. The molecule has 1 saturated carbocycles. The van der Waals surface area contributed by atoms with Gasteiger partial charge >= 0.3 is 0 Å². The Morgan fingerprint density at radius 2 is 1.55 bits per heavy atom. The van der Waals surface area contributed by atoms with Gasteiger partial charge in [-0.15, -0.1) is 0 Å². The van der Waals surface area contributed by atoms with Gasteiger partial charge in [-0.3, -0.25) is 4.72 Å². The Morgan fingerprint density at radius 1 is 1.00 bits per heavy atom. The van der Waals surface area contributed by atoms with Crippen LogP contribution in [-0.2, 0) is 0 Å². The van der Waals surface area contributed by atoms with Crippen LogP contribution in [0.3, 0.4) is 0 Å². The molecule has 0 amide bonds. The molecule has 11 heavy (non-hydrogen) atoms. The summed E-state index contributed by atoms with van der Waals surface area (Å²) < 4.78 is 3.74. The van der Waals surface area contributed by atoms with Gasteiger partial charge in [-0.25, -0.2) is 0 Å². The van der Waals surface area contributed by atoms with Crippen molar-refractivity contribution in [2.45, 2.75) is 38.1 Å². The first kappa shape index (κ1) is 9.40. The average molecular weight is 175 g/mol. The summed E-state index contributed by atoms with van der Waals surface area (Å²) >= 11 is 0. The first-order valence-electron chi connectivity index (χ1n) is 4.53. The normalized spacial score (nSPS) is 23.5. The maximum Gasteiger partial charge on any atom is 0.0156 e. The molecule has 68 valence electrons. The fraction of sp³-hybridized carbons (Fsp3) is 1.00. The Bertz CT molecular complexity index is 111. The molecule has 0 bridgehead atoms. The summed E-state index contributed by atoms with van der Waals surface area (Å²) in [6.45, 7) is 0. The molecule has 1 N–H and O–H groups in total. The molecule has 0 aromatic rings. The fourth-order valence-electron chi connectivity index (χ4n) is 1.72. The smallest absolute Gasteiger partial charge is 0.0156 e. The molecule has 0 radical (unpaired) electrons. The van der Waals surface area contributed by atoms with E-state index in [1.54, 1.807) is 0 Å². The van der Waals surface area contributed by atoms with Gasteiger partial charge in [-0.05, 0) is 31.6 Å². The number of rotatable bonds is 2. The van der Waals surface area contributed by atoms with E-state index in [0.717, 1.165) is 6.04 Å². The van der Waals surface area contributed by atoms with Crippen LogP contribution in [0.25, 0.3) is 0 Å². The van der Waals surface area contributed by atoms with Crippen LogP contribution in [0.1, 0.15) is 32.1 Å². The summed E-state index contributed by atoms with van der Waals surface area (Å²) in [7, 11) is -0.474. The Kier molecular flexibility index (Phi) is 3.26. The second kappa shape index (κ2) is 3.81. The first-order valence-corrected chi connectivity index (χ1v) is 7.39. The molecule has 1 fully saturated rings. The van der Waals surface area contributed by atoms with Crippen LogP contribution in [0, 0.1) is 0 Å². The molecule has 0 unspecified atom stereocenters. The van der Waals surface area contributed by atoms with Gasteiger partial charge in [0.2, 0.25) is 0 Å². The highest BCUT2D eigenvalue weighted by Crippen LogP contribution is 2.32. The predicted octanol–water partition coefficient (Wildman–Crippen LogP) is 2.52. The van der Waals surface area contributed by atoms with Crippen LogP contribution >= 0.6 is 10.2 Å². The Balaban J connectivity index is 2.24. The number of hydrogen-bond donors (Lipinski definition) is 1. The van der Waals surface area contributed by atoms with Gasteiger partial charge < -0.3 is 0 Å². The molecule has 0 atom stereocenters. The van der Waals surface area contributed by atoms with E-state index in [1.807, 2.05) is 0 Å². The van der Waals surface area contributed by atoms with Crippen LogP contribution in [0.4, 0.5) is 0 Å². The zero-order valence-electron chi connectivity index (χ0n) is 8.02. The van der Waals surface area contributed by atoms with Gasteiger partial charge in [-0.2, -0.15) is 10.2 Å². The van der Waals surface area contributed by atoms with Gasteiger partial charge in [0.15, 0.2) is 0 Å². The summed E-state index contributed by atoms with van der Waals surface area (Å²) in [4.78, 5) is 0. The zero-order valence-corrected chi connectivity index (χ0v) is 8.84. The molecule has 0 spiro atoms. The van der Waals surface area contributed by atoms with Crippen molar-refractivity contribution >= 4 is 10.2 Å². The summed E-state index contributed by atoms with van der Waals surface area (Å²) in [5.74, 6) is 0. The summed E-state index contributed by atoms with van der Waals surface area (Å²) in [5, 5.41) is 0. The van der Waals surface area contributed by atoms with Crippen LogP contribution in [0.2, 0.25) is 0 Å². The SMILES string of the molecule is CS(C)(C)NC1CCCCC1. The second-order valence-corrected chi connectivity index (χ2v) is 8.20. The van der Waals surface area contributed by atoms with Crippen molar-refractivity contribution in [2.75, 3.05) is 18.8 Å². The van der Waals surface area contributed by atoms with Gasteiger partial charge in [0.1, 0.15) is 0 Å². The lowest BCUT2D eigenvalue weighted by Gasteiger charge is -2.34. The Labute approximate surface area is 72.4 Å². The van der Waals surface area contributed by atoms with Crippen molar-refractivity contribution in [1.29, 1.82) is 0 Å². The van der Waals surface area contributed by atoms with Crippen LogP contribution in [0.5, 0.6) is 0 Å². The van der Waals surface area contributed by atoms with E-state index in [-0.39, 0.29) is 0 Å². The molecular weight excluding hydrogens is 154 g/mol. The average Bonchev–Trinajstić information content (AvgIpc) is 1.85. The maximum absolute atomic E-state index is 3.74. The third kappa shape index (κ3) is 4.02. The molecular formula is C9H21NS. The van der Waals surface area contributed by atoms with Crippen molar-refractivity contribution in [2.24, 2.45) is 0 Å². The second-order valence-electron chi connectivity index (χ2n) is 4.29. The van der Waals surface area contributed by atoms with Crippen LogP contribution in [0.15, 0.2) is 0 Å². The number of nitrogens with one attached hydrogen (secondary N) is 1. The largest absolute Gasteiger partial charge is 0.278 e. The van der Waals surface area contributed by atoms with Gasteiger partial charge in [0.05, 0.1) is 0 Å². The van der Waals surface area contributed by atoms with Crippen molar-refractivity contribution in [3.8, 4) is 0 Å². The van der Waals surface area contributed by atoms with E-state index < -0.39 is 10.2 Å². The lowest BCUT2D eigenvalue weighted by Crippen LogP contribution is -2.32. The molecule has 2 heteroatoms. The maximum atomic E-state index is 3.74. The molecule has 1 rings (SSSR count). The van der Waals surface area contributed by atoms with Crippen molar-refractivity contribution < 1.29 is 0 Å². The van der Waals surface area contributed by atoms with E-state index in [4.69, 9.17) is 0 Å². The van der Waals surface area contributed by atoms with Gasteiger partial charge in [0, 0.05) is 6.04 Å². The zero-order chi connectivity index (χ0) is 8.32. The minimum Gasteiger partial charge on any atom is -0.278 e. The lowest BCUT2D eigenvalue weighted by atomic mass is 9.96. The highest BCUT2D eigenvalue weighted by atomic mass is 32.3. The highest BCUT2D eigenvalue weighted by molar-refractivity contribution is 8.30. The summed E-state index contributed by atoms with van der Waals surface area (Å²) in [5.41, 5.74) is 0. The van der Waals surface area contributed by atoms with E-state index in [2.05, 4.69) is 23.5 Å². The van der Waals surface area contributed by atoms with Crippen LogP contribution < -0.4 is 4.72 Å². The molecule has 0 aromatic heterocycles. The van der Waals surface area contributed by atoms with Gasteiger partial charge in [0.25, 0.3) is 0 Å². The predicted molar refractivity (Wildman–Crippen MR) is 55.4 cm³/mol. The van der Waals surface area contributed by atoms with E-state index in [9.17, 15) is 0 Å². The fourth-order valence-corrected chi connectivity index (χ4v) is 2.96. The molecule has 0 aliphatic heterocycles. The third-order valence-corrected chi connectivity index (χ3v) is 3.17. The Hall–Kier alpha value is 0.310. The monoisotopic (exact) mass is 175 g/mol. The number of hydrogen-bond acceptors (Lipinski definition) is 1. The molecule has 1 aliphatic rings. The van der Waals surface area contributed by atoms with Crippen molar-refractivity contribution in [3.63, 3.8) is 0 Å². The van der Waals surface area contributed by atoms with Gasteiger partial charge in [-0.1, -0.05) is 19.3 Å². The third-order valence-electron chi connectivity index (χ3n) is 2.13. The molecule has 1 nitrogen and oxygen atoms in total. The van der Waals surface area contributed by atoms with Crippen LogP contribution in [-0.4, -0.2) is 24.8 Å². The van der Waals surface area contributed by atoms with Crippen molar-refractivity contribution in [3.05, 3.63) is 0 Å². The summed E-state index contributed by atoms with van der Waals surface area (Å²) in [6.07, 6.45) is 14.2. The van der Waals surface area contributed by atoms with E-state index in [0.29, 0.717) is 0 Å². The van der Waals surface area contributed by atoms with E-state index >= 15 is 0 Å².